The van der Waals surface area contributed by atoms with Gasteiger partial charge in [-0.3, -0.25) is 4.68 Å². The van der Waals surface area contributed by atoms with E-state index in [1.165, 1.54) is 16.8 Å². The maximum atomic E-state index is 6.18. The number of aryl methyl sites for hydroxylation is 3. The molecule has 0 radical (unpaired) electrons. The Morgan fingerprint density at radius 1 is 1.35 bits per heavy atom. The Morgan fingerprint density at radius 3 is 2.75 bits per heavy atom. The maximum absolute atomic E-state index is 6.18. The van der Waals surface area contributed by atoms with Crippen molar-refractivity contribution >= 4 is 11.6 Å². The molecule has 0 bridgehead atoms. The average Bonchev–Trinajstić information content (AvgIpc) is 2.79. The summed E-state index contributed by atoms with van der Waals surface area (Å²) in [6, 6.07) is 8.67. The Balaban J connectivity index is 2.12. The normalized spacial score (nSPS) is 12.6. The van der Waals surface area contributed by atoms with Crippen LogP contribution in [0.5, 0.6) is 0 Å². The van der Waals surface area contributed by atoms with E-state index >= 15 is 0 Å². The van der Waals surface area contributed by atoms with Crippen molar-refractivity contribution in [3.05, 3.63) is 52.3 Å². The van der Waals surface area contributed by atoms with E-state index in [4.69, 9.17) is 11.6 Å². The molecule has 3 nitrogen and oxygen atoms in total. The summed E-state index contributed by atoms with van der Waals surface area (Å²) in [4.78, 5) is 0. The number of aromatic nitrogens is 2. The minimum atomic E-state index is 0.326. The maximum Gasteiger partial charge on any atom is 0.0492 e. The van der Waals surface area contributed by atoms with Crippen LogP contribution in [0.2, 0.25) is 5.02 Å². The highest BCUT2D eigenvalue weighted by molar-refractivity contribution is 6.30. The Hall–Kier alpha value is -1.32. The lowest BCUT2D eigenvalue weighted by Crippen LogP contribution is -2.22. The molecule has 1 atom stereocenters. The fraction of sp³-hybridized carbons (Fsp3) is 0.438. The zero-order chi connectivity index (χ0) is 14.5. The number of hydrogen-bond acceptors (Lipinski definition) is 2. The molecule has 108 valence electrons. The van der Waals surface area contributed by atoms with E-state index < -0.39 is 0 Å². The van der Waals surface area contributed by atoms with Gasteiger partial charge in [-0.1, -0.05) is 24.6 Å². The molecular weight excluding hydrogens is 270 g/mol. The molecule has 2 rings (SSSR count). The van der Waals surface area contributed by atoms with Crippen LogP contribution in [0.15, 0.2) is 30.5 Å². The number of nitrogens with one attached hydrogen (secondary N) is 1. The van der Waals surface area contributed by atoms with Crippen LogP contribution in [-0.4, -0.2) is 16.3 Å². The van der Waals surface area contributed by atoms with Gasteiger partial charge in [0.25, 0.3) is 0 Å². The Labute approximate surface area is 126 Å². The van der Waals surface area contributed by atoms with Gasteiger partial charge in [-0.15, -0.1) is 0 Å². The fourth-order valence-electron chi connectivity index (χ4n) is 2.54. The number of halogens is 1. The number of benzene rings is 1. The van der Waals surface area contributed by atoms with Crippen molar-refractivity contribution in [3.63, 3.8) is 0 Å². The minimum Gasteiger partial charge on any atom is -0.310 e. The first-order valence-electron chi connectivity index (χ1n) is 7.07. The van der Waals surface area contributed by atoms with Crippen LogP contribution in [0.3, 0.4) is 0 Å². The van der Waals surface area contributed by atoms with Gasteiger partial charge >= 0.3 is 0 Å². The summed E-state index contributed by atoms with van der Waals surface area (Å²) in [6.07, 6.45) is 3.88. The Morgan fingerprint density at radius 2 is 2.15 bits per heavy atom. The zero-order valence-corrected chi connectivity index (χ0v) is 13.1. The van der Waals surface area contributed by atoms with Gasteiger partial charge in [0.05, 0.1) is 0 Å². The average molecular weight is 292 g/mol. The van der Waals surface area contributed by atoms with Crippen LogP contribution < -0.4 is 5.32 Å². The Kier molecular flexibility index (Phi) is 5.21. The van der Waals surface area contributed by atoms with Crippen molar-refractivity contribution < 1.29 is 0 Å². The molecule has 2 aromatic rings. The number of rotatable bonds is 6. The van der Waals surface area contributed by atoms with E-state index in [2.05, 4.69) is 42.5 Å². The third kappa shape index (κ3) is 3.84. The minimum absolute atomic E-state index is 0.326. The molecule has 1 aromatic heterocycles. The molecule has 0 fully saturated rings. The summed E-state index contributed by atoms with van der Waals surface area (Å²) in [5, 5.41) is 8.57. The topological polar surface area (TPSA) is 29.9 Å². The van der Waals surface area contributed by atoms with Crippen molar-refractivity contribution in [2.75, 3.05) is 6.54 Å². The van der Waals surface area contributed by atoms with Crippen LogP contribution >= 0.6 is 11.6 Å². The molecule has 1 unspecified atom stereocenters. The standard InChI is InChI=1S/C16H22ClN3/c1-4-18-16(6-5-15-7-8-19-20(15)3)13-9-12(2)10-14(17)11-13/h7-11,16,18H,4-6H2,1-3H3. The molecule has 1 aromatic carbocycles. The first-order valence-corrected chi connectivity index (χ1v) is 7.45. The SMILES string of the molecule is CCNC(CCc1ccnn1C)c1cc(C)cc(Cl)c1. The van der Waals surface area contributed by atoms with Gasteiger partial charge in [-0.05, 0) is 55.6 Å². The van der Waals surface area contributed by atoms with Crippen LogP contribution in [-0.2, 0) is 13.5 Å². The molecule has 0 saturated carbocycles. The summed E-state index contributed by atoms with van der Waals surface area (Å²) >= 11 is 6.18. The van der Waals surface area contributed by atoms with Gasteiger partial charge in [-0.25, -0.2) is 0 Å². The van der Waals surface area contributed by atoms with Crippen molar-refractivity contribution in [1.29, 1.82) is 0 Å². The molecule has 0 saturated heterocycles. The van der Waals surface area contributed by atoms with Gasteiger partial charge in [-0.2, -0.15) is 5.10 Å². The molecule has 0 spiro atoms. The highest BCUT2D eigenvalue weighted by atomic mass is 35.5. The summed E-state index contributed by atoms with van der Waals surface area (Å²) in [5.74, 6) is 0. The van der Waals surface area contributed by atoms with Crippen molar-refractivity contribution in [2.45, 2.75) is 32.7 Å². The second-order valence-electron chi connectivity index (χ2n) is 5.16. The quantitative estimate of drug-likeness (QED) is 0.880. The van der Waals surface area contributed by atoms with Crippen molar-refractivity contribution in [3.8, 4) is 0 Å². The molecule has 0 aliphatic carbocycles. The molecule has 0 aliphatic rings. The van der Waals surface area contributed by atoms with Crippen LogP contribution in [0.25, 0.3) is 0 Å². The fourth-order valence-corrected chi connectivity index (χ4v) is 2.84. The number of hydrogen-bond donors (Lipinski definition) is 1. The summed E-state index contributed by atoms with van der Waals surface area (Å²) in [5.41, 5.74) is 3.72. The molecule has 1 heterocycles. The summed E-state index contributed by atoms with van der Waals surface area (Å²) in [7, 11) is 1.99. The lowest BCUT2D eigenvalue weighted by Gasteiger charge is -2.19. The second-order valence-corrected chi connectivity index (χ2v) is 5.59. The van der Waals surface area contributed by atoms with Crippen LogP contribution in [0.1, 0.15) is 36.2 Å². The largest absolute Gasteiger partial charge is 0.310 e. The highest BCUT2D eigenvalue weighted by Crippen LogP contribution is 2.24. The van der Waals surface area contributed by atoms with Crippen LogP contribution in [0, 0.1) is 6.92 Å². The van der Waals surface area contributed by atoms with Crippen LogP contribution in [0.4, 0.5) is 0 Å². The predicted octanol–water partition coefficient (Wildman–Crippen LogP) is 3.67. The molecule has 1 N–H and O–H groups in total. The first kappa shape index (κ1) is 15.1. The third-order valence-corrected chi connectivity index (χ3v) is 3.75. The van der Waals surface area contributed by atoms with E-state index in [0.29, 0.717) is 6.04 Å². The molecule has 0 aliphatic heterocycles. The highest BCUT2D eigenvalue weighted by Gasteiger charge is 2.12. The lowest BCUT2D eigenvalue weighted by molar-refractivity contribution is 0.506. The lowest BCUT2D eigenvalue weighted by atomic mass is 9.99. The number of nitrogens with zero attached hydrogens (tertiary/aromatic N) is 2. The predicted molar refractivity (Wildman–Crippen MR) is 84.1 cm³/mol. The smallest absolute Gasteiger partial charge is 0.0492 e. The van der Waals surface area contributed by atoms with E-state index in [9.17, 15) is 0 Å². The monoisotopic (exact) mass is 291 g/mol. The van der Waals surface area contributed by atoms with E-state index in [0.717, 1.165) is 24.4 Å². The Bertz CT molecular complexity index is 542. The van der Waals surface area contributed by atoms with E-state index in [1.807, 2.05) is 24.0 Å². The van der Waals surface area contributed by atoms with Gasteiger partial charge in [0, 0.05) is 30.0 Å². The third-order valence-electron chi connectivity index (χ3n) is 3.53. The van der Waals surface area contributed by atoms with E-state index in [1.54, 1.807) is 0 Å². The zero-order valence-electron chi connectivity index (χ0n) is 12.4. The summed E-state index contributed by atoms with van der Waals surface area (Å²) in [6.45, 7) is 5.16. The van der Waals surface area contributed by atoms with Gasteiger partial charge in [0.15, 0.2) is 0 Å². The van der Waals surface area contributed by atoms with Gasteiger partial charge in [0.2, 0.25) is 0 Å². The first-order chi connectivity index (χ1) is 9.60. The summed E-state index contributed by atoms with van der Waals surface area (Å²) < 4.78 is 1.94. The van der Waals surface area contributed by atoms with Gasteiger partial charge in [0.1, 0.15) is 0 Å². The molecule has 0 amide bonds. The molecule has 20 heavy (non-hydrogen) atoms. The van der Waals surface area contributed by atoms with E-state index in [-0.39, 0.29) is 0 Å². The van der Waals surface area contributed by atoms with Gasteiger partial charge < -0.3 is 5.32 Å². The van der Waals surface area contributed by atoms with Crippen molar-refractivity contribution in [1.82, 2.24) is 15.1 Å². The molecular formula is C16H22ClN3. The van der Waals surface area contributed by atoms with Crippen molar-refractivity contribution in [2.24, 2.45) is 7.05 Å². The molecule has 4 heteroatoms. The second kappa shape index (κ2) is 6.91.